The first-order valence-electron chi connectivity index (χ1n) is 6.42. The Hall–Kier alpha value is -2.52. The molecule has 2 aromatic carbocycles. The fourth-order valence-electron chi connectivity index (χ4n) is 2.01. The predicted octanol–water partition coefficient (Wildman–Crippen LogP) is 3.41. The lowest BCUT2D eigenvalue weighted by atomic mass is 10.1. The molecule has 0 amide bonds. The summed E-state index contributed by atoms with van der Waals surface area (Å²) >= 11 is 3.41. The zero-order valence-electron chi connectivity index (χ0n) is 11.3. The average Bonchev–Trinajstić information content (AvgIpc) is 2.99. The van der Waals surface area contributed by atoms with E-state index in [4.69, 9.17) is 19.5 Å². The number of ether oxygens (including phenoxy) is 3. The molecule has 1 aliphatic heterocycles. The van der Waals surface area contributed by atoms with Crippen LogP contribution in [0.25, 0.3) is 0 Å². The van der Waals surface area contributed by atoms with Crippen LogP contribution in [0.15, 0.2) is 40.9 Å². The molecular formula is C16H10BrNO4. The minimum Gasteiger partial charge on any atom is -0.457 e. The molecule has 0 unspecified atom stereocenters. The molecule has 3 rings (SSSR count). The van der Waals surface area contributed by atoms with Crippen molar-refractivity contribution in [1.82, 2.24) is 0 Å². The lowest BCUT2D eigenvalue weighted by molar-refractivity contribution is 0.0471. The van der Waals surface area contributed by atoms with Gasteiger partial charge in [-0.1, -0.05) is 22.0 Å². The van der Waals surface area contributed by atoms with Gasteiger partial charge in [-0.05, 0) is 30.3 Å². The molecule has 1 aliphatic rings. The lowest BCUT2D eigenvalue weighted by Gasteiger charge is -2.08. The van der Waals surface area contributed by atoms with Gasteiger partial charge in [0.15, 0.2) is 11.5 Å². The molecule has 110 valence electrons. The van der Waals surface area contributed by atoms with Crippen LogP contribution in [-0.2, 0) is 11.3 Å². The Kier molecular flexibility index (Phi) is 3.98. The molecule has 0 atom stereocenters. The van der Waals surface area contributed by atoms with Gasteiger partial charge in [0, 0.05) is 10.0 Å². The van der Waals surface area contributed by atoms with Gasteiger partial charge in [0.2, 0.25) is 6.79 Å². The van der Waals surface area contributed by atoms with Gasteiger partial charge in [-0.15, -0.1) is 0 Å². The van der Waals surface area contributed by atoms with Crippen molar-refractivity contribution in [2.24, 2.45) is 0 Å². The highest BCUT2D eigenvalue weighted by Gasteiger charge is 2.17. The van der Waals surface area contributed by atoms with Crippen molar-refractivity contribution in [2.45, 2.75) is 6.61 Å². The number of nitrogens with zero attached hydrogens (tertiary/aromatic N) is 1. The van der Waals surface area contributed by atoms with Crippen LogP contribution in [0.1, 0.15) is 21.5 Å². The van der Waals surface area contributed by atoms with Gasteiger partial charge in [0.05, 0.1) is 17.2 Å². The van der Waals surface area contributed by atoms with Crippen LogP contribution in [0.2, 0.25) is 0 Å². The molecule has 0 aromatic heterocycles. The Bertz CT molecular complexity index is 782. The first-order chi connectivity index (χ1) is 10.7. The van der Waals surface area contributed by atoms with Crippen LogP contribution in [0.3, 0.4) is 0 Å². The molecule has 0 fully saturated rings. The Balaban J connectivity index is 1.72. The molecule has 0 saturated heterocycles. The summed E-state index contributed by atoms with van der Waals surface area (Å²) < 4.78 is 16.6. The van der Waals surface area contributed by atoms with E-state index >= 15 is 0 Å². The lowest BCUT2D eigenvalue weighted by Crippen LogP contribution is -2.05. The van der Waals surface area contributed by atoms with E-state index in [1.54, 1.807) is 30.3 Å². The number of esters is 1. The van der Waals surface area contributed by atoms with E-state index in [9.17, 15) is 4.79 Å². The first kappa shape index (κ1) is 14.4. The van der Waals surface area contributed by atoms with Gasteiger partial charge in [-0.2, -0.15) is 5.26 Å². The molecule has 0 radical (unpaired) electrons. The third-order valence-electron chi connectivity index (χ3n) is 3.13. The van der Waals surface area contributed by atoms with Crippen LogP contribution in [0.4, 0.5) is 0 Å². The summed E-state index contributed by atoms with van der Waals surface area (Å²) in [7, 11) is 0. The highest BCUT2D eigenvalue weighted by molar-refractivity contribution is 9.10. The molecule has 0 aliphatic carbocycles. The summed E-state index contributed by atoms with van der Waals surface area (Å²) in [5, 5.41) is 8.84. The van der Waals surface area contributed by atoms with Crippen molar-refractivity contribution in [2.75, 3.05) is 6.79 Å². The van der Waals surface area contributed by atoms with E-state index in [-0.39, 0.29) is 13.4 Å². The summed E-state index contributed by atoms with van der Waals surface area (Å²) in [5.41, 5.74) is 1.53. The fourth-order valence-corrected chi connectivity index (χ4v) is 2.45. The maximum Gasteiger partial charge on any atom is 0.338 e. The molecular weight excluding hydrogens is 350 g/mol. The minimum absolute atomic E-state index is 0.0901. The van der Waals surface area contributed by atoms with Gasteiger partial charge >= 0.3 is 5.97 Å². The zero-order chi connectivity index (χ0) is 15.5. The number of fused-ring (bicyclic) bond motifs is 1. The molecule has 5 nitrogen and oxygen atoms in total. The largest absolute Gasteiger partial charge is 0.457 e. The van der Waals surface area contributed by atoms with Gasteiger partial charge in [0.25, 0.3) is 0 Å². The second-order valence-corrected chi connectivity index (χ2v) is 5.42. The summed E-state index contributed by atoms with van der Waals surface area (Å²) in [4.78, 5) is 12.0. The highest BCUT2D eigenvalue weighted by Crippen LogP contribution is 2.37. The van der Waals surface area contributed by atoms with E-state index in [1.165, 1.54) is 6.07 Å². The van der Waals surface area contributed by atoms with Crippen LogP contribution in [-0.4, -0.2) is 12.8 Å². The molecule has 0 bridgehead atoms. The third kappa shape index (κ3) is 2.90. The van der Waals surface area contributed by atoms with Crippen molar-refractivity contribution in [3.8, 4) is 17.6 Å². The smallest absolute Gasteiger partial charge is 0.338 e. The number of carbonyl (C=O) groups excluding carboxylic acids is 1. The molecule has 1 heterocycles. The van der Waals surface area contributed by atoms with E-state index in [0.717, 1.165) is 10.0 Å². The van der Waals surface area contributed by atoms with Crippen molar-refractivity contribution >= 4 is 21.9 Å². The molecule has 0 spiro atoms. The molecule has 2 aromatic rings. The number of carbonyl (C=O) groups is 1. The Labute approximate surface area is 135 Å². The van der Waals surface area contributed by atoms with Crippen molar-refractivity contribution in [3.05, 3.63) is 57.6 Å². The summed E-state index contributed by atoms with van der Waals surface area (Å²) in [5.74, 6) is 0.797. The maximum absolute atomic E-state index is 12.0. The van der Waals surface area contributed by atoms with E-state index in [2.05, 4.69) is 15.9 Å². The number of halogens is 1. The number of nitriles is 1. The maximum atomic E-state index is 12.0. The van der Waals surface area contributed by atoms with Crippen molar-refractivity contribution in [1.29, 1.82) is 5.26 Å². The molecule has 6 heteroatoms. The summed E-state index contributed by atoms with van der Waals surface area (Å²) in [6.07, 6.45) is 0. The average molecular weight is 360 g/mol. The number of hydrogen-bond acceptors (Lipinski definition) is 5. The predicted molar refractivity (Wildman–Crippen MR) is 80.5 cm³/mol. The minimum atomic E-state index is -0.485. The zero-order valence-corrected chi connectivity index (χ0v) is 12.9. The second-order valence-electron chi connectivity index (χ2n) is 4.57. The van der Waals surface area contributed by atoms with Crippen LogP contribution >= 0.6 is 15.9 Å². The Morgan fingerprint density at radius 1 is 1.27 bits per heavy atom. The monoisotopic (exact) mass is 359 g/mol. The van der Waals surface area contributed by atoms with E-state index in [0.29, 0.717) is 22.6 Å². The topological polar surface area (TPSA) is 68.6 Å². The number of hydrogen-bond donors (Lipinski definition) is 0. The molecule has 22 heavy (non-hydrogen) atoms. The van der Waals surface area contributed by atoms with Gasteiger partial charge in [-0.3, -0.25) is 0 Å². The van der Waals surface area contributed by atoms with E-state index in [1.807, 2.05) is 6.07 Å². The summed E-state index contributed by atoms with van der Waals surface area (Å²) in [6, 6.07) is 11.9. The van der Waals surface area contributed by atoms with Crippen molar-refractivity contribution in [3.63, 3.8) is 0 Å². The number of benzene rings is 2. The Morgan fingerprint density at radius 2 is 2.05 bits per heavy atom. The van der Waals surface area contributed by atoms with Crippen LogP contribution in [0.5, 0.6) is 11.5 Å². The fraction of sp³-hybridized carbons (Fsp3) is 0.125. The Morgan fingerprint density at radius 3 is 2.82 bits per heavy atom. The van der Waals surface area contributed by atoms with Gasteiger partial charge in [0.1, 0.15) is 6.61 Å². The van der Waals surface area contributed by atoms with E-state index < -0.39 is 5.97 Å². The second kappa shape index (κ2) is 6.08. The molecule has 0 saturated carbocycles. The first-order valence-corrected chi connectivity index (χ1v) is 7.22. The SMILES string of the molecule is N#Cc1cccc(C(=O)OCc2cc3c(cc2Br)OCO3)c1. The third-order valence-corrected chi connectivity index (χ3v) is 3.87. The van der Waals surface area contributed by atoms with Crippen LogP contribution in [0, 0.1) is 11.3 Å². The summed E-state index contributed by atoms with van der Waals surface area (Å²) in [6.45, 7) is 0.277. The normalized spacial score (nSPS) is 11.8. The van der Waals surface area contributed by atoms with Gasteiger partial charge < -0.3 is 14.2 Å². The van der Waals surface area contributed by atoms with Gasteiger partial charge in [-0.25, -0.2) is 4.79 Å². The van der Waals surface area contributed by atoms with Crippen LogP contribution < -0.4 is 9.47 Å². The van der Waals surface area contributed by atoms with Crippen molar-refractivity contribution < 1.29 is 19.0 Å². The quantitative estimate of drug-likeness (QED) is 0.785. The number of rotatable bonds is 3. The highest BCUT2D eigenvalue weighted by atomic mass is 79.9. The molecule has 0 N–H and O–H groups in total. The standard InChI is InChI=1S/C16H10BrNO4/c17-13-6-15-14(21-9-22-15)5-12(13)8-20-16(19)11-3-1-2-10(4-11)7-18/h1-6H,8-9H2.